The lowest BCUT2D eigenvalue weighted by Crippen LogP contribution is -2.51. The van der Waals surface area contributed by atoms with Crippen molar-refractivity contribution in [2.45, 2.75) is 37.9 Å². The van der Waals surface area contributed by atoms with Gasteiger partial charge in [-0.1, -0.05) is 48.5 Å². The molecule has 0 aliphatic heterocycles. The van der Waals surface area contributed by atoms with Crippen LogP contribution in [0, 0.1) is 0 Å². The number of carbonyl (C=O) groups is 2. The Bertz CT molecular complexity index is 963. The number of aromatic amines is 1. The van der Waals surface area contributed by atoms with Crippen LogP contribution < -0.4 is 16.0 Å². The number of carbonyl (C=O) groups excluding carboxylic acids is 2. The Morgan fingerprint density at radius 2 is 1.79 bits per heavy atom. The second kappa shape index (κ2) is 8.17. The van der Waals surface area contributed by atoms with Gasteiger partial charge >= 0.3 is 6.03 Å². The molecule has 0 spiro atoms. The van der Waals surface area contributed by atoms with Crippen molar-refractivity contribution in [3.63, 3.8) is 0 Å². The van der Waals surface area contributed by atoms with Crippen LogP contribution in [0.15, 0.2) is 60.8 Å². The summed E-state index contributed by atoms with van der Waals surface area (Å²) in [5.41, 5.74) is 3.04. The quantitative estimate of drug-likeness (QED) is 0.511. The Hall–Kier alpha value is -3.28. The summed E-state index contributed by atoms with van der Waals surface area (Å²) in [5, 5.41) is 9.75. The third kappa shape index (κ3) is 4.52. The Balaban J connectivity index is 1.47. The molecular formula is C22H24N4O2. The lowest BCUT2D eigenvalue weighted by Gasteiger charge is -2.19. The first-order valence-corrected chi connectivity index (χ1v) is 9.63. The molecule has 1 heterocycles. The van der Waals surface area contributed by atoms with Crippen molar-refractivity contribution in [1.29, 1.82) is 0 Å². The molecule has 1 aliphatic rings. The predicted molar refractivity (Wildman–Crippen MR) is 109 cm³/mol. The summed E-state index contributed by atoms with van der Waals surface area (Å²) < 4.78 is 0. The molecular weight excluding hydrogens is 352 g/mol. The van der Waals surface area contributed by atoms with Crippen molar-refractivity contribution in [2.75, 3.05) is 0 Å². The van der Waals surface area contributed by atoms with Gasteiger partial charge in [0.2, 0.25) is 5.91 Å². The average molecular weight is 376 g/mol. The highest BCUT2D eigenvalue weighted by Crippen LogP contribution is 2.20. The van der Waals surface area contributed by atoms with Crippen molar-refractivity contribution < 1.29 is 9.59 Å². The Labute approximate surface area is 163 Å². The number of benzene rings is 2. The molecule has 4 rings (SSSR count). The highest BCUT2D eigenvalue weighted by molar-refractivity contribution is 5.89. The second-order valence-corrected chi connectivity index (χ2v) is 7.21. The molecule has 1 aromatic heterocycles. The average Bonchev–Trinajstić information content (AvgIpc) is 3.44. The molecule has 6 nitrogen and oxygen atoms in total. The first kappa shape index (κ1) is 18.1. The van der Waals surface area contributed by atoms with E-state index in [4.69, 9.17) is 0 Å². The minimum Gasteiger partial charge on any atom is -0.361 e. The van der Waals surface area contributed by atoms with Crippen LogP contribution >= 0.6 is 0 Å². The maximum atomic E-state index is 12.9. The normalized spacial score (nSPS) is 14.4. The van der Waals surface area contributed by atoms with E-state index in [2.05, 4.69) is 20.9 Å². The van der Waals surface area contributed by atoms with Crippen LogP contribution in [0.25, 0.3) is 10.9 Å². The predicted octanol–water partition coefficient (Wildman–Crippen LogP) is 2.86. The SMILES string of the molecule is O=C(NC1CC1)N[C@H](Cc1c[nH]c2ccccc12)C(=O)NCc1ccccc1. The van der Waals surface area contributed by atoms with Gasteiger partial charge < -0.3 is 20.9 Å². The van der Waals surface area contributed by atoms with Gasteiger partial charge in [0, 0.05) is 36.1 Å². The number of nitrogens with one attached hydrogen (secondary N) is 4. The van der Waals surface area contributed by atoms with Crippen molar-refractivity contribution >= 4 is 22.8 Å². The maximum absolute atomic E-state index is 12.9. The molecule has 0 radical (unpaired) electrons. The minimum absolute atomic E-state index is 0.194. The highest BCUT2D eigenvalue weighted by atomic mass is 16.2. The van der Waals surface area contributed by atoms with Gasteiger partial charge in [-0.05, 0) is 30.0 Å². The summed E-state index contributed by atoms with van der Waals surface area (Å²) in [4.78, 5) is 28.3. The van der Waals surface area contributed by atoms with Crippen LogP contribution in [0.5, 0.6) is 0 Å². The van der Waals surface area contributed by atoms with Crippen LogP contribution in [-0.2, 0) is 17.8 Å². The number of urea groups is 1. The first-order valence-electron chi connectivity index (χ1n) is 9.63. The summed E-state index contributed by atoms with van der Waals surface area (Å²) in [5.74, 6) is -0.194. The van der Waals surface area contributed by atoms with Crippen LogP contribution in [0.2, 0.25) is 0 Å². The molecule has 1 aliphatic carbocycles. The number of hydrogen-bond acceptors (Lipinski definition) is 2. The van der Waals surface area contributed by atoms with Crippen LogP contribution in [0.1, 0.15) is 24.0 Å². The monoisotopic (exact) mass is 376 g/mol. The molecule has 1 atom stereocenters. The number of amides is 3. The zero-order valence-electron chi connectivity index (χ0n) is 15.6. The maximum Gasteiger partial charge on any atom is 0.315 e. The van der Waals surface area contributed by atoms with E-state index in [0.29, 0.717) is 13.0 Å². The zero-order chi connectivity index (χ0) is 19.3. The minimum atomic E-state index is -0.651. The van der Waals surface area contributed by atoms with E-state index in [-0.39, 0.29) is 18.0 Å². The van der Waals surface area contributed by atoms with E-state index in [1.54, 1.807) is 0 Å². The fraction of sp³-hybridized carbons (Fsp3) is 0.273. The molecule has 1 fully saturated rings. The topological polar surface area (TPSA) is 86.0 Å². The van der Waals surface area contributed by atoms with Crippen molar-refractivity contribution in [2.24, 2.45) is 0 Å². The van der Waals surface area contributed by atoms with Crippen molar-refractivity contribution in [3.05, 3.63) is 71.9 Å². The molecule has 0 bridgehead atoms. The Morgan fingerprint density at radius 1 is 1.04 bits per heavy atom. The number of hydrogen-bond donors (Lipinski definition) is 4. The number of fused-ring (bicyclic) bond motifs is 1. The van der Waals surface area contributed by atoms with Gasteiger partial charge in [0.25, 0.3) is 0 Å². The fourth-order valence-electron chi connectivity index (χ4n) is 3.25. The molecule has 28 heavy (non-hydrogen) atoms. The van der Waals surface area contributed by atoms with E-state index in [1.807, 2.05) is 60.8 Å². The molecule has 3 aromatic rings. The standard InChI is InChI=1S/C22H24N4O2/c27-21(24-13-15-6-2-1-3-7-15)20(26-22(28)25-17-10-11-17)12-16-14-23-19-9-5-4-8-18(16)19/h1-9,14,17,20,23H,10-13H2,(H,24,27)(H2,25,26,28)/t20-/m1/s1. The fourth-order valence-corrected chi connectivity index (χ4v) is 3.25. The molecule has 0 saturated heterocycles. The third-order valence-corrected chi connectivity index (χ3v) is 4.94. The number of para-hydroxylation sites is 1. The summed E-state index contributed by atoms with van der Waals surface area (Å²) in [6.45, 7) is 0.427. The van der Waals surface area contributed by atoms with Gasteiger partial charge in [0.15, 0.2) is 0 Å². The summed E-state index contributed by atoms with van der Waals surface area (Å²) in [6.07, 6.45) is 4.33. The van der Waals surface area contributed by atoms with Gasteiger partial charge in [-0.25, -0.2) is 4.79 Å². The van der Waals surface area contributed by atoms with Gasteiger partial charge in [0.1, 0.15) is 6.04 Å². The number of H-pyrrole nitrogens is 1. The number of aromatic nitrogens is 1. The van der Waals surface area contributed by atoms with E-state index >= 15 is 0 Å². The molecule has 6 heteroatoms. The third-order valence-electron chi connectivity index (χ3n) is 4.94. The van der Waals surface area contributed by atoms with E-state index in [1.165, 1.54) is 0 Å². The Morgan fingerprint density at radius 3 is 2.57 bits per heavy atom. The molecule has 1 saturated carbocycles. The van der Waals surface area contributed by atoms with Crippen LogP contribution in [0.4, 0.5) is 4.79 Å². The lowest BCUT2D eigenvalue weighted by molar-refractivity contribution is -0.123. The van der Waals surface area contributed by atoms with E-state index in [9.17, 15) is 9.59 Å². The highest BCUT2D eigenvalue weighted by Gasteiger charge is 2.27. The van der Waals surface area contributed by atoms with Crippen LogP contribution in [0.3, 0.4) is 0 Å². The smallest absolute Gasteiger partial charge is 0.315 e. The van der Waals surface area contributed by atoms with E-state index in [0.717, 1.165) is 34.9 Å². The second-order valence-electron chi connectivity index (χ2n) is 7.21. The summed E-state index contributed by atoms with van der Waals surface area (Å²) in [6, 6.07) is 17.0. The Kier molecular flexibility index (Phi) is 5.28. The molecule has 2 aromatic carbocycles. The summed E-state index contributed by atoms with van der Waals surface area (Å²) in [7, 11) is 0. The van der Waals surface area contributed by atoms with Gasteiger partial charge in [-0.3, -0.25) is 4.79 Å². The van der Waals surface area contributed by atoms with Crippen LogP contribution in [-0.4, -0.2) is 29.0 Å². The van der Waals surface area contributed by atoms with Crippen molar-refractivity contribution in [3.8, 4) is 0 Å². The van der Waals surface area contributed by atoms with Gasteiger partial charge in [0.05, 0.1) is 0 Å². The zero-order valence-corrected chi connectivity index (χ0v) is 15.6. The van der Waals surface area contributed by atoms with Gasteiger partial charge in [-0.2, -0.15) is 0 Å². The first-order chi connectivity index (χ1) is 13.7. The molecule has 4 N–H and O–H groups in total. The lowest BCUT2D eigenvalue weighted by atomic mass is 10.0. The summed E-state index contributed by atoms with van der Waals surface area (Å²) >= 11 is 0. The van der Waals surface area contributed by atoms with Gasteiger partial charge in [-0.15, -0.1) is 0 Å². The van der Waals surface area contributed by atoms with Crippen molar-refractivity contribution in [1.82, 2.24) is 20.9 Å². The van der Waals surface area contributed by atoms with E-state index < -0.39 is 6.04 Å². The number of rotatable bonds is 7. The molecule has 3 amide bonds. The molecule has 144 valence electrons. The largest absolute Gasteiger partial charge is 0.361 e. The molecule has 0 unspecified atom stereocenters.